The van der Waals surface area contributed by atoms with Crippen molar-refractivity contribution in [1.82, 2.24) is 10.5 Å². The number of carbonyl (C=O) groups is 1. The van der Waals surface area contributed by atoms with Gasteiger partial charge < -0.3 is 19.7 Å². The molecule has 0 aliphatic rings. The summed E-state index contributed by atoms with van der Waals surface area (Å²) >= 11 is 0. The van der Waals surface area contributed by atoms with Crippen LogP contribution in [0.1, 0.15) is 34.6 Å². The molecule has 0 saturated carbocycles. The van der Waals surface area contributed by atoms with E-state index in [4.69, 9.17) is 9.26 Å². The van der Waals surface area contributed by atoms with Crippen LogP contribution in [0, 0.1) is 5.82 Å². The number of ether oxygens (including phenoxy) is 1. The number of carboxylic acid groups (broad SMARTS) is 1. The summed E-state index contributed by atoms with van der Waals surface area (Å²) in [7, 11) is 1.60. The Balaban J connectivity index is 0.00000280. The van der Waals surface area contributed by atoms with E-state index in [1.807, 2.05) is 24.3 Å². The molecular formula is C20H20ClFN2O4. The number of aromatic carboxylic acids is 1. The quantitative estimate of drug-likeness (QED) is 0.602. The van der Waals surface area contributed by atoms with Crippen molar-refractivity contribution in [3.8, 4) is 17.0 Å². The smallest absolute Gasteiger partial charge is 0.341 e. The highest BCUT2D eigenvalue weighted by Crippen LogP contribution is 2.29. The fraction of sp³-hybridized carbons (Fsp3) is 0.200. The van der Waals surface area contributed by atoms with Crippen molar-refractivity contribution in [3.63, 3.8) is 0 Å². The summed E-state index contributed by atoms with van der Waals surface area (Å²) in [6, 6.07) is 12.6. The first kappa shape index (κ1) is 21.4. The molecule has 8 heteroatoms. The Morgan fingerprint density at radius 2 is 1.86 bits per heavy atom. The minimum absolute atomic E-state index is 0. The van der Waals surface area contributed by atoms with E-state index in [0.717, 1.165) is 11.3 Å². The van der Waals surface area contributed by atoms with Crippen LogP contribution in [0.4, 0.5) is 4.39 Å². The van der Waals surface area contributed by atoms with E-state index in [-0.39, 0.29) is 35.5 Å². The summed E-state index contributed by atoms with van der Waals surface area (Å²) in [6.07, 6.45) is 0. The van der Waals surface area contributed by atoms with Gasteiger partial charge in [0.2, 0.25) is 0 Å². The van der Waals surface area contributed by atoms with Gasteiger partial charge >= 0.3 is 5.97 Å². The fourth-order valence-electron chi connectivity index (χ4n) is 2.72. The van der Waals surface area contributed by atoms with Crippen LogP contribution in [-0.4, -0.2) is 23.3 Å². The Bertz CT molecular complexity index is 926. The predicted molar refractivity (Wildman–Crippen MR) is 104 cm³/mol. The summed E-state index contributed by atoms with van der Waals surface area (Å²) < 4.78 is 23.6. The Labute approximate surface area is 167 Å². The highest BCUT2D eigenvalue weighted by molar-refractivity contribution is 5.95. The average molecular weight is 407 g/mol. The van der Waals surface area contributed by atoms with Crippen LogP contribution in [-0.2, 0) is 6.54 Å². The maximum atomic E-state index is 13.1. The summed E-state index contributed by atoms with van der Waals surface area (Å²) in [5.41, 5.74) is 1.64. The summed E-state index contributed by atoms with van der Waals surface area (Å²) in [5, 5.41) is 16.8. The van der Waals surface area contributed by atoms with Crippen molar-refractivity contribution in [2.24, 2.45) is 0 Å². The second-order valence-electron chi connectivity index (χ2n) is 6.03. The second kappa shape index (κ2) is 9.34. The molecule has 0 fully saturated rings. The van der Waals surface area contributed by atoms with E-state index < -0.39 is 11.8 Å². The first-order valence-corrected chi connectivity index (χ1v) is 8.34. The third-order valence-corrected chi connectivity index (χ3v) is 4.21. The number of halogens is 2. The molecule has 0 aliphatic carbocycles. The number of hydrogen-bond donors (Lipinski definition) is 2. The highest BCUT2D eigenvalue weighted by atomic mass is 35.5. The van der Waals surface area contributed by atoms with E-state index in [1.165, 1.54) is 24.3 Å². The minimum atomic E-state index is -1.15. The van der Waals surface area contributed by atoms with Crippen LogP contribution >= 0.6 is 12.4 Å². The number of hydrogen-bond acceptors (Lipinski definition) is 5. The number of nitrogens with one attached hydrogen (secondary N) is 1. The van der Waals surface area contributed by atoms with Crippen molar-refractivity contribution in [2.75, 3.05) is 7.11 Å². The maximum absolute atomic E-state index is 13.1. The first-order chi connectivity index (χ1) is 13.0. The molecule has 1 atom stereocenters. The van der Waals surface area contributed by atoms with Gasteiger partial charge in [0.25, 0.3) is 0 Å². The van der Waals surface area contributed by atoms with E-state index in [2.05, 4.69) is 10.5 Å². The van der Waals surface area contributed by atoms with Crippen molar-refractivity contribution in [3.05, 3.63) is 71.2 Å². The highest BCUT2D eigenvalue weighted by Gasteiger charge is 2.27. The molecule has 1 heterocycles. The van der Waals surface area contributed by atoms with Crippen LogP contribution < -0.4 is 10.1 Å². The van der Waals surface area contributed by atoms with E-state index in [1.54, 1.807) is 14.0 Å². The Hall–Kier alpha value is -2.90. The molecule has 0 saturated heterocycles. The molecule has 148 valence electrons. The van der Waals surface area contributed by atoms with E-state index >= 15 is 0 Å². The van der Waals surface area contributed by atoms with Gasteiger partial charge in [-0.25, -0.2) is 9.18 Å². The van der Waals surface area contributed by atoms with Crippen LogP contribution in [0.2, 0.25) is 0 Å². The number of methoxy groups -OCH3 is 1. The monoisotopic (exact) mass is 406 g/mol. The molecular weight excluding hydrogens is 387 g/mol. The Kier molecular flexibility index (Phi) is 7.14. The minimum Gasteiger partial charge on any atom is -0.497 e. The molecule has 6 nitrogen and oxygen atoms in total. The molecule has 1 aromatic heterocycles. The van der Waals surface area contributed by atoms with Gasteiger partial charge in [-0.2, -0.15) is 0 Å². The lowest BCUT2D eigenvalue weighted by Crippen LogP contribution is -2.19. The molecule has 0 bridgehead atoms. The van der Waals surface area contributed by atoms with Gasteiger partial charge in [0.15, 0.2) is 5.76 Å². The molecule has 0 amide bonds. The van der Waals surface area contributed by atoms with Gasteiger partial charge in [0.1, 0.15) is 22.8 Å². The molecule has 3 rings (SSSR count). The average Bonchev–Trinajstić information content (AvgIpc) is 3.12. The summed E-state index contributed by atoms with van der Waals surface area (Å²) in [4.78, 5) is 11.8. The van der Waals surface area contributed by atoms with E-state index in [0.29, 0.717) is 12.1 Å². The topological polar surface area (TPSA) is 84.6 Å². The van der Waals surface area contributed by atoms with E-state index in [9.17, 15) is 14.3 Å². The molecule has 2 N–H and O–H groups in total. The van der Waals surface area contributed by atoms with Crippen molar-refractivity contribution >= 4 is 18.4 Å². The molecule has 3 aromatic rings. The molecule has 28 heavy (non-hydrogen) atoms. The zero-order valence-corrected chi connectivity index (χ0v) is 16.1. The van der Waals surface area contributed by atoms with Crippen LogP contribution in [0.15, 0.2) is 53.1 Å². The van der Waals surface area contributed by atoms with Gasteiger partial charge in [-0.3, -0.25) is 0 Å². The van der Waals surface area contributed by atoms with Crippen molar-refractivity contribution in [1.29, 1.82) is 0 Å². The number of nitrogens with zero attached hydrogens (tertiary/aromatic N) is 1. The fourth-order valence-corrected chi connectivity index (χ4v) is 2.72. The predicted octanol–water partition coefficient (Wildman–Crippen LogP) is 4.46. The zero-order chi connectivity index (χ0) is 19.4. The van der Waals surface area contributed by atoms with Gasteiger partial charge in [0.05, 0.1) is 13.2 Å². The van der Waals surface area contributed by atoms with Crippen molar-refractivity contribution in [2.45, 2.75) is 19.5 Å². The van der Waals surface area contributed by atoms with Crippen LogP contribution in [0.5, 0.6) is 5.75 Å². The molecule has 0 spiro atoms. The van der Waals surface area contributed by atoms with Gasteiger partial charge in [-0.1, -0.05) is 17.3 Å². The number of aromatic nitrogens is 1. The summed E-state index contributed by atoms with van der Waals surface area (Å²) in [6.45, 7) is 2.31. The van der Waals surface area contributed by atoms with Crippen LogP contribution in [0.25, 0.3) is 11.3 Å². The molecule has 0 aliphatic heterocycles. The Morgan fingerprint density at radius 3 is 2.43 bits per heavy atom. The number of rotatable bonds is 7. The SMILES string of the molecule is COc1ccc(CN[C@H](C)c2onc(-c3ccc(F)cc3)c2C(=O)O)cc1.Cl. The second-order valence-corrected chi connectivity index (χ2v) is 6.03. The van der Waals surface area contributed by atoms with Gasteiger partial charge in [-0.05, 0) is 48.9 Å². The third-order valence-electron chi connectivity index (χ3n) is 4.21. The third kappa shape index (κ3) is 4.68. The maximum Gasteiger partial charge on any atom is 0.341 e. The lowest BCUT2D eigenvalue weighted by Gasteiger charge is -2.12. The van der Waals surface area contributed by atoms with Crippen molar-refractivity contribution < 1.29 is 23.6 Å². The Morgan fingerprint density at radius 1 is 1.21 bits per heavy atom. The number of carboxylic acids is 1. The standard InChI is InChI=1S/C20H19FN2O4.ClH/c1-12(22-11-13-3-9-16(26-2)10-4-13)19-17(20(24)25)18(23-27-19)14-5-7-15(21)8-6-14;/h3-10,12,22H,11H2,1-2H3,(H,24,25);1H/t12-;/m1./s1. The molecule has 0 unspecified atom stereocenters. The molecule has 2 aromatic carbocycles. The van der Waals surface area contributed by atoms with Gasteiger partial charge in [-0.15, -0.1) is 12.4 Å². The summed E-state index contributed by atoms with van der Waals surface area (Å²) in [5.74, 6) is -0.577. The lowest BCUT2D eigenvalue weighted by molar-refractivity contribution is 0.0694. The zero-order valence-electron chi connectivity index (χ0n) is 15.3. The number of benzene rings is 2. The van der Waals surface area contributed by atoms with Crippen LogP contribution in [0.3, 0.4) is 0 Å². The van der Waals surface area contributed by atoms with Gasteiger partial charge in [0, 0.05) is 12.1 Å². The first-order valence-electron chi connectivity index (χ1n) is 8.34. The largest absolute Gasteiger partial charge is 0.497 e. The lowest BCUT2D eigenvalue weighted by atomic mass is 10.0. The molecule has 0 radical (unpaired) electrons. The normalized spacial score (nSPS) is 11.5.